The van der Waals surface area contributed by atoms with Crippen LogP contribution in [0.4, 0.5) is 0 Å². The van der Waals surface area contributed by atoms with Crippen LogP contribution in [0.25, 0.3) is 0 Å². The summed E-state index contributed by atoms with van der Waals surface area (Å²) in [6, 6.07) is 9.21. The van der Waals surface area contributed by atoms with E-state index < -0.39 is 0 Å². The van der Waals surface area contributed by atoms with Crippen molar-refractivity contribution in [1.29, 1.82) is 0 Å². The van der Waals surface area contributed by atoms with Gasteiger partial charge in [-0.1, -0.05) is 45.0 Å². The number of benzene rings is 1. The molecule has 1 nitrogen and oxygen atoms in total. The van der Waals surface area contributed by atoms with Crippen molar-refractivity contribution < 1.29 is 0 Å². The first-order valence-corrected chi connectivity index (χ1v) is 8.78. The van der Waals surface area contributed by atoms with Gasteiger partial charge in [0.05, 0.1) is 0 Å². The molecule has 0 spiro atoms. The van der Waals surface area contributed by atoms with Crippen molar-refractivity contribution in [3.05, 3.63) is 35.4 Å². The first-order chi connectivity index (χ1) is 9.88. The molecule has 0 bridgehead atoms. The minimum absolute atomic E-state index is 0.0153. The molecule has 2 aliphatic rings. The van der Waals surface area contributed by atoms with Crippen LogP contribution in [0, 0.1) is 11.3 Å². The monoisotopic (exact) mass is 285 g/mol. The van der Waals surface area contributed by atoms with Gasteiger partial charge in [-0.05, 0) is 73.3 Å². The number of nitrogens with two attached hydrogens (primary N) is 1. The minimum atomic E-state index is -0.0153. The topological polar surface area (TPSA) is 26.0 Å². The maximum Gasteiger partial charge on any atom is 0.0409 e. The molecule has 0 heterocycles. The number of hydrogen-bond acceptors (Lipinski definition) is 1. The van der Waals surface area contributed by atoms with Gasteiger partial charge >= 0.3 is 0 Å². The Morgan fingerprint density at radius 3 is 2.24 bits per heavy atom. The van der Waals surface area contributed by atoms with E-state index in [2.05, 4.69) is 45.0 Å². The Kier molecular flexibility index (Phi) is 3.90. The van der Waals surface area contributed by atoms with Gasteiger partial charge in [-0.25, -0.2) is 0 Å². The second-order valence-corrected chi connectivity index (χ2v) is 8.55. The summed E-state index contributed by atoms with van der Waals surface area (Å²) in [5, 5.41) is 0. The second-order valence-electron chi connectivity index (χ2n) is 8.55. The molecule has 0 saturated heterocycles. The summed E-state index contributed by atoms with van der Waals surface area (Å²) >= 11 is 0. The summed E-state index contributed by atoms with van der Waals surface area (Å²) in [4.78, 5) is 0. The molecule has 0 atom stereocenters. The quantitative estimate of drug-likeness (QED) is 0.779. The van der Waals surface area contributed by atoms with E-state index in [1.54, 1.807) is 0 Å². The maximum absolute atomic E-state index is 6.50. The molecular weight excluding hydrogens is 254 g/mol. The lowest BCUT2D eigenvalue weighted by Crippen LogP contribution is -2.43. The Hall–Kier alpha value is -0.820. The van der Waals surface area contributed by atoms with Crippen LogP contribution in [-0.4, -0.2) is 0 Å². The second kappa shape index (κ2) is 5.43. The SMILES string of the molecule is CC(C)(C)C1CCC(c2cccc(C3(N)CCC3)c2)CC1. The molecule has 0 radical (unpaired) electrons. The standard InChI is InChI=1S/C20H31N/c1-19(2,3)17-10-8-15(9-11-17)16-6-4-7-18(14-16)20(21)12-5-13-20/h4,6-7,14-15,17H,5,8-13,21H2,1-3H3. The summed E-state index contributed by atoms with van der Waals surface area (Å²) in [6.07, 6.45) is 9.07. The van der Waals surface area contributed by atoms with E-state index in [1.165, 1.54) is 43.2 Å². The summed E-state index contributed by atoms with van der Waals surface area (Å²) in [5.41, 5.74) is 9.88. The highest BCUT2D eigenvalue weighted by Crippen LogP contribution is 2.44. The van der Waals surface area contributed by atoms with Crippen LogP contribution < -0.4 is 5.73 Å². The van der Waals surface area contributed by atoms with E-state index in [0.717, 1.165) is 24.7 Å². The van der Waals surface area contributed by atoms with Gasteiger partial charge in [-0.3, -0.25) is 0 Å². The molecule has 1 aromatic rings. The summed E-state index contributed by atoms with van der Waals surface area (Å²) < 4.78 is 0. The van der Waals surface area contributed by atoms with Crippen molar-refractivity contribution >= 4 is 0 Å². The Labute approximate surface area is 130 Å². The van der Waals surface area contributed by atoms with Crippen molar-refractivity contribution in [3.63, 3.8) is 0 Å². The predicted octanol–water partition coefficient (Wildman–Crippen LogP) is 5.34. The highest BCUT2D eigenvalue weighted by atomic mass is 14.8. The van der Waals surface area contributed by atoms with Gasteiger partial charge in [0.25, 0.3) is 0 Å². The van der Waals surface area contributed by atoms with Crippen LogP contribution in [0.2, 0.25) is 0 Å². The first kappa shape index (κ1) is 15.1. The fourth-order valence-corrected chi connectivity index (χ4v) is 4.24. The Morgan fingerprint density at radius 2 is 1.71 bits per heavy atom. The van der Waals surface area contributed by atoms with Crippen LogP contribution in [0.1, 0.15) is 82.8 Å². The van der Waals surface area contributed by atoms with Crippen molar-refractivity contribution in [2.75, 3.05) is 0 Å². The lowest BCUT2D eigenvalue weighted by atomic mass is 9.68. The molecule has 2 fully saturated rings. The van der Waals surface area contributed by atoms with E-state index in [9.17, 15) is 0 Å². The van der Waals surface area contributed by atoms with Gasteiger partial charge in [0.1, 0.15) is 0 Å². The lowest BCUT2D eigenvalue weighted by Gasteiger charge is -2.40. The first-order valence-electron chi connectivity index (χ1n) is 8.78. The summed E-state index contributed by atoms with van der Waals surface area (Å²) in [6.45, 7) is 7.19. The average Bonchev–Trinajstić information content (AvgIpc) is 2.44. The number of hydrogen-bond donors (Lipinski definition) is 1. The zero-order valence-corrected chi connectivity index (χ0v) is 14.0. The van der Waals surface area contributed by atoms with Gasteiger partial charge in [0.15, 0.2) is 0 Å². The normalized spacial score (nSPS) is 29.0. The average molecular weight is 285 g/mol. The molecule has 2 aliphatic carbocycles. The molecule has 3 rings (SSSR count). The Morgan fingerprint density at radius 1 is 1.05 bits per heavy atom. The van der Waals surface area contributed by atoms with Gasteiger partial charge in [-0.15, -0.1) is 0 Å². The summed E-state index contributed by atoms with van der Waals surface area (Å²) in [7, 11) is 0. The largest absolute Gasteiger partial charge is 0.321 e. The fraction of sp³-hybridized carbons (Fsp3) is 0.700. The third-order valence-corrected chi connectivity index (χ3v) is 6.13. The van der Waals surface area contributed by atoms with Crippen LogP contribution in [0.5, 0.6) is 0 Å². The molecule has 2 N–H and O–H groups in total. The molecule has 0 aromatic heterocycles. The van der Waals surface area contributed by atoms with E-state index in [-0.39, 0.29) is 5.54 Å². The van der Waals surface area contributed by atoms with E-state index in [4.69, 9.17) is 5.73 Å². The van der Waals surface area contributed by atoms with Crippen LogP contribution >= 0.6 is 0 Å². The van der Waals surface area contributed by atoms with Gasteiger partial charge in [0.2, 0.25) is 0 Å². The molecule has 0 unspecified atom stereocenters. The molecule has 0 aliphatic heterocycles. The Bertz CT molecular complexity index is 485. The third kappa shape index (κ3) is 3.04. The molecule has 21 heavy (non-hydrogen) atoms. The molecule has 0 amide bonds. The van der Waals surface area contributed by atoms with Gasteiger partial charge in [-0.2, -0.15) is 0 Å². The maximum atomic E-state index is 6.50. The predicted molar refractivity (Wildman–Crippen MR) is 90.3 cm³/mol. The van der Waals surface area contributed by atoms with Crippen molar-refractivity contribution in [1.82, 2.24) is 0 Å². The lowest BCUT2D eigenvalue weighted by molar-refractivity contribution is 0.169. The smallest absolute Gasteiger partial charge is 0.0409 e. The molecule has 116 valence electrons. The minimum Gasteiger partial charge on any atom is -0.321 e. The van der Waals surface area contributed by atoms with Gasteiger partial charge < -0.3 is 5.73 Å². The van der Waals surface area contributed by atoms with Crippen molar-refractivity contribution in [3.8, 4) is 0 Å². The van der Waals surface area contributed by atoms with Gasteiger partial charge in [0, 0.05) is 5.54 Å². The van der Waals surface area contributed by atoms with E-state index in [0.29, 0.717) is 5.41 Å². The zero-order valence-electron chi connectivity index (χ0n) is 14.0. The molecule has 1 heteroatoms. The molecular formula is C20H31N. The zero-order chi connectivity index (χ0) is 15.1. The van der Waals surface area contributed by atoms with Crippen molar-refractivity contribution in [2.24, 2.45) is 17.1 Å². The van der Waals surface area contributed by atoms with E-state index >= 15 is 0 Å². The molecule has 1 aromatic carbocycles. The van der Waals surface area contributed by atoms with Crippen molar-refractivity contribution in [2.45, 2.75) is 77.2 Å². The highest BCUT2D eigenvalue weighted by Gasteiger charge is 2.35. The highest BCUT2D eigenvalue weighted by molar-refractivity contribution is 5.33. The van der Waals surface area contributed by atoms with Crippen LogP contribution in [0.3, 0.4) is 0 Å². The Balaban J connectivity index is 1.70. The molecule has 2 saturated carbocycles. The summed E-state index contributed by atoms with van der Waals surface area (Å²) in [5.74, 6) is 1.65. The fourth-order valence-electron chi connectivity index (χ4n) is 4.24. The van der Waals surface area contributed by atoms with Crippen LogP contribution in [-0.2, 0) is 5.54 Å². The number of rotatable bonds is 2. The third-order valence-electron chi connectivity index (χ3n) is 6.13. The van der Waals surface area contributed by atoms with Crippen LogP contribution in [0.15, 0.2) is 24.3 Å². The van der Waals surface area contributed by atoms with E-state index in [1.807, 2.05) is 0 Å².